The summed E-state index contributed by atoms with van der Waals surface area (Å²) in [5, 5.41) is 18.0. The van der Waals surface area contributed by atoms with E-state index >= 15 is 0 Å². The van der Waals surface area contributed by atoms with Gasteiger partial charge in [0.05, 0.1) is 5.69 Å². The first kappa shape index (κ1) is 17.5. The number of carbonyl (C=O) groups excluding carboxylic acids is 1. The first-order chi connectivity index (χ1) is 13.1. The molecule has 1 fully saturated rings. The summed E-state index contributed by atoms with van der Waals surface area (Å²) in [7, 11) is 0. The van der Waals surface area contributed by atoms with Crippen LogP contribution in [0.4, 0.5) is 5.82 Å². The zero-order valence-electron chi connectivity index (χ0n) is 15.6. The predicted octanol–water partition coefficient (Wildman–Crippen LogP) is 2.61. The van der Waals surface area contributed by atoms with Gasteiger partial charge >= 0.3 is 0 Å². The van der Waals surface area contributed by atoms with Gasteiger partial charge in [-0.15, -0.1) is 0 Å². The number of H-pyrrole nitrogens is 1. The maximum absolute atomic E-state index is 13.2. The van der Waals surface area contributed by atoms with Crippen LogP contribution in [0.3, 0.4) is 0 Å². The molecule has 3 aromatic rings. The number of hydrogen-bond donors (Lipinski definition) is 3. The number of nitrogens with one attached hydrogen (secondary N) is 3. The Morgan fingerprint density at radius 1 is 1.15 bits per heavy atom. The molecule has 1 aromatic carbocycles. The lowest BCUT2D eigenvalue weighted by molar-refractivity contribution is -0.126. The van der Waals surface area contributed by atoms with Crippen LogP contribution in [-0.2, 0) is 10.3 Å². The van der Waals surface area contributed by atoms with E-state index in [2.05, 4.69) is 58.0 Å². The Morgan fingerprint density at radius 3 is 2.56 bits per heavy atom. The van der Waals surface area contributed by atoms with Gasteiger partial charge in [0.15, 0.2) is 5.82 Å². The van der Waals surface area contributed by atoms with E-state index in [1.165, 1.54) is 11.1 Å². The summed E-state index contributed by atoms with van der Waals surface area (Å²) < 4.78 is 1.78. The highest BCUT2D eigenvalue weighted by Crippen LogP contribution is 2.29. The fourth-order valence-electron chi connectivity index (χ4n) is 3.82. The van der Waals surface area contributed by atoms with Crippen LogP contribution in [0.1, 0.15) is 24.0 Å². The van der Waals surface area contributed by atoms with Gasteiger partial charge in [-0.2, -0.15) is 10.2 Å². The molecule has 1 aliphatic rings. The summed E-state index contributed by atoms with van der Waals surface area (Å²) in [5.41, 5.74) is 3.64. The minimum Gasteiger partial charge on any atom is -0.317 e. The molecule has 140 valence electrons. The molecule has 7 nitrogen and oxygen atoms in total. The summed E-state index contributed by atoms with van der Waals surface area (Å²) in [6.45, 7) is 5.70. The van der Waals surface area contributed by atoms with Gasteiger partial charge in [0.1, 0.15) is 5.54 Å². The molecule has 4 rings (SSSR count). The van der Waals surface area contributed by atoms with E-state index in [9.17, 15) is 4.79 Å². The van der Waals surface area contributed by atoms with Crippen LogP contribution in [-0.4, -0.2) is 39.0 Å². The Kier molecular flexibility index (Phi) is 4.53. The molecule has 0 saturated carbocycles. The zero-order chi connectivity index (χ0) is 18.9. The number of aryl methyl sites for hydroxylation is 2. The van der Waals surface area contributed by atoms with Crippen molar-refractivity contribution in [2.24, 2.45) is 0 Å². The fourth-order valence-corrected chi connectivity index (χ4v) is 3.82. The number of aromatic nitrogens is 4. The number of carbonyl (C=O) groups is 1. The van der Waals surface area contributed by atoms with Crippen molar-refractivity contribution in [1.82, 2.24) is 25.3 Å². The van der Waals surface area contributed by atoms with Crippen LogP contribution in [0, 0.1) is 13.8 Å². The van der Waals surface area contributed by atoms with E-state index in [1.807, 2.05) is 18.3 Å². The topological polar surface area (TPSA) is 87.6 Å². The lowest BCUT2D eigenvalue weighted by Crippen LogP contribution is -2.52. The van der Waals surface area contributed by atoms with Gasteiger partial charge in [-0.1, -0.05) is 17.2 Å². The molecule has 0 atom stereocenters. The first-order valence-corrected chi connectivity index (χ1v) is 9.23. The average molecular weight is 364 g/mol. The number of aromatic amines is 1. The van der Waals surface area contributed by atoms with Crippen molar-refractivity contribution < 1.29 is 4.79 Å². The highest BCUT2D eigenvalue weighted by molar-refractivity contribution is 5.96. The number of benzene rings is 1. The summed E-state index contributed by atoms with van der Waals surface area (Å²) in [6, 6.07) is 10.1. The van der Waals surface area contributed by atoms with E-state index < -0.39 is 5.54 Å². The first-order valence-electron chi connectivity index (χ1n) is 9.23. The Morgan fingerprint density at radius 2 is 1.89 bits per heavy atom. The SMILES string of the molecule is Cc1cc(C)cc(-c2cc(NC(=O)C3(n4cccn4)CCNCC3)n[nH]2)c1. The second-order valence-electron chi connectivity index (χ2n) is 7.23. The highest BCUT2D eigenvalue weighted by atomic mass is 16.2. The number of piperidine rings is 1. The average Bonchev–Trinajstić information content (AvgIpc) is 3.34. The van der Waals surface area contributed by atoms with Crippen molar-refractivity contribution in [2.75, 3.05) is 18.4 Å². The van der Waals surface area contributed by atoms with E-state index in [4.69, 9.17) is 0 Å². The number of amides is 1. The summed E-state index contributed by atoms with van der Waals surface area (Å²) in [4.78, 5) is 13.2. The van der Waals surface area contributed by atoms with E-state index in [1.54, 1.807) is 10.9 Å². The van der Waals surface area contributed by atoms with Gasteiger partial charge < -0.3 is 10.6 Å². The molecule has 1 aliphatic heterocycles. The third kappa shape index (κ3) is 3.38. The van der Waals surface area contributed by atoms with Crippen molar-refractivity contribution in [2.45, 2.75) is 32.2 Å². The van der Waals surface area contributed by atoms with Crippen LogP contribution >= 0.6 is 0 Å². The minimum absolute atomic E-state index is 0.0776. The third-order valence-electron chi connectivity index (χ3n) is 5.15. The van der Waals surface area contributed by atoms with Crippen molar-refractivity contribution in [1.29, 1.82) is 0 Å². The zero-order valence-corrected chi connectivity index (χ0v) is 15.6. The largest absolute Gasteiger partial charge is 0.317 e. The van der Waals surface area contributed by atoms with Crippen molar-refractivity contribution in [3.05, 3.63) is 53.9 Å². The van der Waals surface area contributed by atoms with E-state index in [0.29, 0.717) is 18.7 Å². The lowest BCUT2D eigenvalue weighted by atomic mass is 9.87. The molecule has 27 heavy (non-hydrogen) atoms. The Labute approximate surface area is 158 Å². The second kappa shape index (κ2) is 7.00. The molecule has 0 radical (unpaired) electrons. The van der Waals surface area contributed by atoms with Gasteiger partial charge in [0, 0.05) is 24.0 Å². The van der Waals surface area contributed by atoms with Crippen molar-refractivity contribution in [3.63, 3.8) is 0 Å². The van der Waals surface area contributed by atoms with Gasteiger partial charge in [-0.25, -0.2) is 0 Å². The van der Waals surface area contributed by atoms with E-state index in [0.717, 1.165) is 24.3 Å². The minimum atomic E-state index is -0.687. The Balaban J connectivity index is 1.58. The van der Waals surface area contributed by atoms with E-state index in [-0.39, 0.29) is 5.91 Å². The van der Waals surface area contributed by atoms with Crippen LogP contribution in [0.5, 0.6) is 0 Å². The fraction of sp³-hybridized carbons (Fsp3) is 0.350. The summed E-state index contributed by atoms with van der Waals surface area (Å²) in [5.74, 6) is 0.449. The third-order valence-corrected chi connectivity index (χ3v) is 5.15. The Bertz CT molecular complexity index is 917. The van der Waals surface area contributed by atoms with Crippen LogP contribution in [0.25, 0.3) is 11.3 Å². The molecule has 0 bridgehead atoms. The van der Waals surface area contributed by atoms with Gasteiger partial charge in [-0.3, -0.25) is 14.6 Å². The summed E-state index contributed by atoms with van der Waals surface area (Å²) >= 11 is 0. The molecular weight excluding hydrogens is 340 g/mol. The molecular formula is C20H24N6O. The standard InChI is InChI=1S/C20H24N6O/c1-14-10-15(2)12-16(11-14)17-13-18(25-24-17)23-19(27)20(4-7-21-8-5-20)26-9-3-6-22-26/h3,6,9-13,21H,4-5,7-8H2,1-2H3,(H2,23,24,25,27). The van der Waals surface area contributed by atoms with Crippen LogP contribution in [0.15, 0.2) is 42.7 Å². The molecule has 3 heterocycles. The monoisotopic (exact) mass is 364 g/mol. The maximum atomic E-state index is 13.2. The molecule has 0 aliphatic carbocycles. The van der Waals surface area contributed by atoms with Crippen LogP contribution < -0.4 is 10.6 Å². The van der Waals surface area contributed by atoms with Gasteiger partial charge in [0.2, 0.25) is 0 Å². The number of nitrogens with zero attached hydrogens (tertiary/aromatic N) is 3. The summed E-state index contributed by atoms with van der Waals surface area (Å²) in [6.07, 6.45) is 4.95. The molecule has 2 aromatic heterocycles. The highest BCUT2D eigenvalue weighted by Gasteiger charge is 2.42. The lowest BCUT2D eigenvalue weighted by Gasteiger charge is -2.36. The molecule has 7 heteroatoms. The smallest absolute Gasteiger partial charge is 0.253 e. The predicted molar refractivity (Wildman–Crippen MR) is 104 cm³/mol. The maximum Gasteiger partial charge on any atom is 0.253 e. The van der Waals surface area contributed by atoms with Crippen molar-refractivity contribution in [3.8, 4) is 11.3 Å². The van der Waals surface area contributed by atoms with Crippen LogP contribution in [0.2, 0.25) is 0 Å². The van der Waals surface area contributed by atoms with Gasteiger partial charge in [-0.05, 0) is 58.0 Å². The second-order valence-corrected chi connectivity index (χ2v) is 7.23. The van der Waals surface area contributed by atoms with Gasteiger partial charge in [0.25, 0.3) is 5.91 Å². The number of hydrogen-bond acceptors (Lipinski definition) is 4. The quantitative estimate of drug-likeness (QED) is 0.664. The number of anilines is 1. The molecule has 1 saturated heterocycles. The normalized spacial score (nSPS) is 16.2. The molecule has 0 spiro atoms. The Hall–Kier alpha value is -2.93. The molecule has 1 amide bonds. The molecule has 0 unspecified atom stereocenters. The van der Waals surface area contributed by atoms with Crippen molar-refractivity contribution >= 4 is 11.7 Å². The molecule has 3 N–H and O–H groups in total. The number of rotatable bonds is 4.